The van der Waals surface area contributed by atoms with Crippen molar-refractivity contribution >= 4 is 5.96 Å². The minimum Gasteiger partial charge on any atom is -0.351 e. The highest BCUT2D eigenvalue weighted by atomic mass is 15.4. The molecular weight excluding hydrogens is 178 g/mol. The highest BCUT2D eigenvalue weighted by molar-refractivity contribution is 5.79. The second-order valence-electron chi connectivity index (χ2n) is 4.00. The van der Waals surface area contributed by atoms with Crippen molar-refractivity contribution < 1.29 is 0 Å². The van der Waals surface area contributed by atoms with E-state index in [2.05, 4.69) is 20.6 Å². The third-order valence-electron chi connectivity index (χ3n) is 3.29. The molecule has 2 rings (SSSR count). The minimum atomic E-state index is 0.521. The lowest BCUT2D eigenvalue weighted by Gasteiger charge is -2.22. The van der Waals surface area contributed by atoms with Gasteiger partial charge in [0.1, 0.15) is 0 Å². The van der Waals surface area contributed by atoms with E-state index in [4.69, 9.17) is 5.84 Å². The molecule has 2 atom stereocenters. The Morgan fingerprint density at radius 3 is 3.00 bits per heavy atom. The molecule has 2 aliphatic heterocycles. The summed E-state index contributed by atoms with van der Waals surface area (Å²) in [5.41, 5.74) is 2.58. The van der Waals surface area contributed by atoms with Crippen molar-refractivity contribution in [3.63, 3.8) is 0 Å². The van der Waals surface area contributed by atoms with E-state index in [-0.39, 0.29) is 0 Å². The lowest BCUT2D eigenvalue weighted by Crippen LogP contribution is -2.49. The van der Waals surface area contributed by atoms with Gasteiger partial charge >= 0.3 is 0 Å². The van der Waals surface area contributed by atoms with E-state index >= 15 is 0 Å². The van der Waals surface area contributed by atoms with E-state index in [0.717, 1.165) is 0 Å². The monoisotopic (exact) mass is 197 g/mol. The number of nitrogens with one attached hydrogen (secondary N) is 2. The first-order valence-electron chi connectivity index (χ1n) is 5.29. The molecule has 0 radical (unpaired) electrons. The van der Waals surface area contributed by atoms with Crippen LogP contribution in [0.5, 0.6) is 0 Å². The Balaban J connectivity index is 1.92. The fourth-order valence-electron chi connectivity index (χ4n) is 2.60. The zero-order valence-corrected chi connectivity index (χ0v) is 8.66. The van der Waals surface area contributed by atoms with Crippen LogP contribution in [-0.2, 0) is 0 Å². The highest BCUT2D eigenvalue weighted by Crippen LogP contribution is 2.27. The van der Waals surface area contributed by atoms with Gasteiger partial charge in [0.2, 0.25) is 5.96 Å². The first-order valence-corrected chi connectivity index (χ1v) is 5.29. The normalized spacial score (nSPS) is 33.1. The molecule has 2 aliphatic rings. The number of nitrogens with two attached hydrogens (primary N) is 1. The van der Waals surface area contributed by atoms with Crippen LogP contribution >= 0.6 is 0 Å². The molecule has 0 aromatic carbocycles. The molecule has 5 heteroatoms. The average molecular weight is 197 g/mol. The van der Waals surface area contributed by atoms with Crippen molar-refractivity contribution in [3.05, 3.63) is 0 Å². The summed E-state index contributed by atoms with van der Waals surface area (Å²) < 4.78 is 0. The molecule has 0 aliphatic carbocycles. The Morgan fingerprint density at radius 2 is 2.29 bits per heavy atom. The molecule has 0 aromatic rings. The smallest absolute Gasteiger partial charge is 0.205 e. The largest absolute Gasteiger partial charge is 0.351 e. The highest BCUT2D eigenvalue weighted by Gasteiger charge is 2.37. The van der Waals surface area contributed by atoms with Gasteiger partial charge in [-0.15, -0.1) is 0 Å². The summed E-state index contributed by atoms with van der Waals surface area (Å²) in [6.45, 7) is 2.47. The van der Waals surface area contributed by atoms with Crippen molar-refractivity contribution in [1.82, 2.24) is 15.6 Å². The molecule has 5 nitrogen and oxygen atoms in total. The maximum Gasteiger partial charge on any atom is 0.205 e. The lowest BCUT2D eigenvalue weighted by molar-refractivity contribution is 0.308. The van der Waals surface area contributed by atoms with E-state index in [9.17, 15) is 0 Å². The van der Waals surface area contributed by atoms with Gasteiger partial charge in [-0.25, -0.2) is 5.84 Å². The average Bonchev–Trinajstić information content (AvgIpc) is 2.77. The van der Waals surface area contributed by atoms with Gasteiger partial charge in [-0.3, -0.25) is 15.3 Å². The molecule has 0 amide bonds. The molecule has 2 heterocycles. The molecule has 0 aromatic heterocycles. The fraction of sp³-hybridized carbons (Fsp3) is 0.889. The van der Waals surface area contributed by atoms with E-state index in [1.54, 1.807) is 7.05 Å². The number of guanidine groups is 1. The van der Waals surface area contributed by atoms with Crippen LogP contribution < -0.4 is 16.6 Å². The van der Waals surface area contributed by atoms with E-state index in [1.165, 1.54) is 32.4 Å². The Kier molecular flexibility index (Phi) is 2.88. The van der Waals surface area contributed by atoms with Crippen molar-refractivity contribution in [2.24, 2.45) is 10.8 Å². The number of hydrazine groups is 1. The molecular formula is C9H19N5. The van der Waals surface area contributed by atoms with Crippen LogP contribution in [0.3, 0.4) is 0 Å². The fourth-order valence-corrected chi connectivity index (χ4v) is 2.60. The van der Waals surface area contributed by atoms with Gasteiger partial charge in [0, 0.05) is 25.7 Å². The molecule has 2 fully saturated rings. The van der Waals surface area contributed by atoms with Gasteiger partial charge in [-0.2, -0.15) is 0 Å². The summed E-state index contributed by atoms with van der Waals surface area (Å²) >= 11 is 0. The number of rotatable bonds is 1. The van der Waals surface area contributed by atoms with Crippen LogP contribution in [0.25, 0.3) is 0 Å². The number of hydrogen-bond donors (Lipinski definition) is 3. The second-order valence-corrected chi connectivity index (χ2v) is 4.00. The maximum absolute atomic E-state index is 5.34. The number of hydrogen-bond acceptors (Lipinski definition) is 3. The van der Waals surface area contributed by atoms with Gasteiger partial charge in [0.25, 0.3) is 0 Å². The van der Waals surface area contributed by atoms with E-state index in [1.807, 2.05) is 0 Å². The molecule has 2 saturated heterocycles. The second kappa shape index (κ2) is 4.14. The first-order chi connectivity index (χ1) is 6.85. The minimum absolute atomic E-state index is 0.521. The maximum atomic E-state index is 5.34. The van der Waals surface area contributed by atoms with Crippen LogP contribution in [0.1, 0.15) is 19.3 Å². The van der Waals surface area contributed by atoms with Crippen LogP contribution in [0, 0.1) is 0 Å². The Morgan fingerprint density at radius 1 is 1.43 bits per heavy atom. The standard InChI is InChI=1S/C9H19N5/c1-11-9(13-10)12-7-4-6-14-5-2-3-8(7)14/h7-8H,2-6,10H2,1H3,(H2,11,12,13). The summed E-state index contributed by atoms with van der Waals surface area (Å²) in [6, 6.07) is 1.22. The van der Waals surface area contributed by atoms with Gasteiger partial charge in [0.15, 0.2) is 0 Å². The van der Waals surface area contributed by atoms with Gasteiger partial charge in [0.05, 0.1) is 0 Å². The zero-order valence-electron chi connectivity index (χ0n) is 8.66. The van der Waals surface area contributed by atoms with E-state index < -0.39 is 0 Å². The molecule has 0 saturated carbocycles. The van der Waals surface area contributed by atoms with Crippen molar-refractivity contribution in [3.8, 4) is 0 Å². The summed E-state index contributed by atoms with van der Waals surface area (Å²) in [4.78, 5) is 6.59. The molecule has 80 valence electrons. The predicted octanol–water partition coefficient (Wildman–Crippen LogP) is -0.738. The Bertz CT molecular complexity index is 227. The first kappa shape index (κ1) is 9.73. The van der Waals surface area contributed by atoms with Gasteiger partial charge in [-0.1, -0.05) is 0 Å². The van der Waals surface area contributed by atoms with Gasteiger partial charge in [-0.05, 0) is 25.8 Å². The summed E-state index contributed by atoms with van der Waals surface area (Å²) in [6.07, 6.45) is 3.84. The SMILES string of the molecule is CN=C(NN)NC1CCN2CCCC12. The lowest BCUT2D eigenvalue weighted by atomic mass is 10.1. The zero-order chi connectivity index (χ0) is 9.97. The summed E-state index contributed by atoms with van der Waals surface area (Å²) in [5, 5.41) is 3.36. The third kappa shape index (κ3) is 1.69. The van der Waals surface area contributed by atoms with Crippen LogP contribution in [0.4, 0.5) is 0 Å². The summed E-state index contributed by atoms with van der Waals surface area (Å²) in [5.74, 6) is 6.04. The Labute approximate surface area is 84.7 Å². The van der Waals surface area contributed by atoms with Crippen LogP contribution in [-0.4, -0.2) is 43.1 Å². The van der Waals surface area contributed by atoms with Crippen LogP contribution in [0.2, 0.25) is 0 Å². The van der Waals surface area contributed by atoms with Crippen molar-refractivity contribution in [2.75, 3.05) is 20.1 Å². The molecule has 2 unspecified atom stereocenters. The van der Waals surface area contributed by atoms with Crippen molar-refractivity contribution in [1.29, 1.82) is 0 Å². The van der Waals surface area contributed by atoms with Crippen LogP contribution in [0.15, 0.2) is 4.99 Å². The third-order valence-corrected chi connectivity index (χ3v) is 3.29. The quantitative estimate of drug-likeness (QED) is 0.224. The molecule has 0 bridgehead atoms. The summed E-state index contributed by atoms with van der Waals surface area (Å²) in [7, 11) is 1.74. The molecule has 14 heavy (non-hydrogen) atoms. The topological polar surface area (TPSA) is 65.7 Å². The Hall–Kier alpha value is -0.810. The molecule has 0 spiro atoms. The number of aliphatic imine (C=N–C) groups is 1. The predicted molar refractivity (Wildman–Crippen MR) is 56.8 cm³/mol. The van der Waals surface area contributed by atoms with Gasteiger partial charge < -0.3 is 5.32 Å². The van der Waals surface area contributed by atoms with E-state index in [0.29, 0.717) is 18.0 Å². The number of nitrogens with zero attached hydrogens (tertiary/aromatic N) is 2. The van der Waals surface area contributed by atoms with Crippen molar-refractivity contribution in [2.45, 2.75) is 31.3 Å². The molecule has 4 N–H and O–H groups in total. The number of fused-ring (bicyclic) bond motifs is 1.